The van der Waals surface area contributed by atoms with Crippen LogP contribution in [0.4, 0.5) is 0 Å². The maximum absolute atomic E-state index is 12.2. The molecule has 1 saturated carbocycles. The monoisotopic (exact) mass is 330 g/mol. The van der Waals surface area contributed by atoms with Crippen molar-refractivity contribution in [1.82, 2.24) is 10.3 Å². The molecule has 0 radical (unpaired) electrons. The summed E-state index contributed by atoms with van der Waals surface area (Å²) in [5.41, 5.74) is 1.62. The van der Waals surface area contributed by atoms with Crippen molar-refractivity contribution in [2.24, 2.45) is 0 Å². The van der Waals surface area contributed by atoms with Gasteiger partial charge in [-0.15, -0.1) is 11.3 Å². The fourth-order valence-electron chi connectivity index (χ4n) is 2.85. The Morgan fingerprint density at radius 2 is 2.00 bits per heavy atom. The summed E-state index contributed by atoms with van der Waals surface area (Å²) in [4.78, 5) is 16.6. The van der Waals surface area contributed by atoms with Crippen LogP contribution in [-0.2, 0) is 6.61 Å². The van der Waals surface area contributed by atoms with E-state index in [0.717, 1.165) is 29.3 Å². The van der Waals surface area contributed by atoms with Crippen LogP contribution in [0.1, 0.15) is 53.2 Å². The van der Waals surface area contributed by atoms with E-state index in [1.54, 1.807) is 11.3 Å². The quantitative estimate of drug-likeness (QED) is 0.898. The van der Waals surface area contributed by atoms with Gasteiger partial charge in [-0.3, -0.25) is 4.79 Å². The molecule has 2 aromatic rings. The third-order valence-electron chi connectivity index (χ3n) is 4.11. The van der Waals surface area contributed by atoms with Gasteiger partial charge in [-0.1, -0.05) is 19.3 Å². The van der Waals surface area contributed by atoms with E-state index in [4.69, 9.17) is 4.74 Å². The molecule has 1 aliphatic carbocycles. The van der Waals surface area contributed by atoms with E-state index in [0.29, 0.717) is 18.2 Å². The summed E-state index contributed by atoms with van der Waals surface area (Å²) >= 11 is 1.62. The van der Waals surface area contributed by atoms with Gasteiger partial charge in [-0.2, -0.15) is 0 Å². The van der Waals surface area contributed by atoms with Crippen LogP contribution >= 0.6 is 11.3 Å². The third kappa shape index (κ3) is 4.55. The van der Waals surface area contributed by atoms with Gasteiger partial charge in [-0.25, -0.2) is 4.98 Å². The number of hydrogen-bond acceptors (Lipinski definition) is 4. The molecule has 0 unspecified atom stereocenters. The number of carbonyl (C=O) groups is 1. The number of thiazole rings is 1. The van der Waals surface area contributed by atoms with Crippen molar-refractivity contribution < 1.29 is 9.53 Å². The lowest BCUT2D eigenvalue weighted by Crippen LogP contribution is -2.36. The van der Waals surface area contributed by atoms with Gasteiger partial charge in [0.05, 0.1) is 10.7 Å². The molecule has 5 heteroatoms. The number of amides is 1. The van der Waals surface area contributed by atoms with Gasteiger partial charge in [0.25, 0.3) is 5.91 Å². The second-order valence-electron chi connectivity index (χ2n) is 5.98. The molecular weight excluding hydrogens is 308 g/mol. The highest BCUT2D eigenvalue weighted by atomic mass is 32.1. The molecule has 1 amide bonds. The van der Waals surface area contributed by atoms with E-state index < -0.39 is 0 Å². The highest BCUT2D eigenvalue weighted by Crippen LogP contribution is 2.19. The third-order valence-corrected chi connectivity index (χ3v) is 4.93. The second kappa shape index (κ2) is 7.59. The van der Waals surface area contributed by atoms with Gasteiger partial charge in [0.15, 0.2) is 0 Å². The Morgan fingerprint density at radius 3 is 2.65 bits per heavy atom. The van der Waals surface area contributed by atoms with Crippen LogP contribution in [-0.4, -0.2) is 16.9 Å². The van der Waals surface area contributed by atoms with Gasteiger partial charge < -0.3 is 10.1 Å². The number of nitrogens with one attached hydrogen (secondary N) is 1. The van der Waals surface area contributed by atoms with Crippen molar-refractivity contribution in [2.45, 2.75) is 51.7 Å². The van der Waals surface area contributed by atoms with Crippen molar-refractivity contribution in [1.29, 1.82) is 0 Å². The number of ether oxygens (including phenoxy) is 1. The topological polar surface area (TPSA) is 51.2 Å². The summed E-state index contributed by atoms with van der Waals surface area (Å²) in [6.07, 6.45) is 5.92. The van der Waals surface area contributed by atoms with Crippen LogP contribution in [0, 0.1) is 6.92 Å². The van der Waals surface area contributed by atoms with E-state index in [1.807, 2.05) is 36.6 Å². The molecule has 4 nitrogen and oxygen atoms in total. The molecule has 1 aliphatic rings. The normalized spacial score (nSPS) is 15.3. The lowest BCUT2D eigenvalue weighted by Gasteiger charge is -2.22. The predicted molar refractivity (Wildman–Crippen MR) is 92.0 cm³/mol. The largest absolute Gasteiger partial charge is 0.487 e. The molecule has 0 saturated heterocycles. The van der Waals surface area contributed by atoms with Crippen LogP contribution in [0.15, 0.2) is 29.6 Å². The number of carbonyl (C=O) groups excluding carboxylic acids is 1. The van der Waals surface area contributed by atoms with Crippen LogP contribution in [0.25, 0.3) is 0 Å². The summed E-state index contributed by atoms with van der Waals surface area (Å²) < 4.78 is 5.70. The van der Waals surface area contributed by atoms with E-state index in [9.17, 15) is 4.79 Å². The molecule has 1 heterocycles. The van der Waals surface area contributed by atoms with Crippen LogP contribution in [0.5, 0.6) is 5.75 Å². The standard InChI is InChI=1S/C18H22N2O2S/c1-13-19-16(12-23-13)11-22-17-9-7-14(8-10-17)18(21)20-15-5-3-2-4-6-15/h7-10,12,15H,2-6,11H2,1H3,(H,20,21). The first-order valence-electron chi connectivity index (χ1n) is 8.15. The molecule has 122 valence electrons. The molecule has 0 spiro atoms. The lowest BCUT2D eigenvalue weighted by molar-refractivity contribution is 0.0927. The van der Waals surface area contributed by atoms with Crippen LogP contribution < -0.4 is 10.1 Å². The number of rotatable bonds is 5. The maximum atomic E-state index is 12.2. The summed E-state index contributed by atoms with van der Waals surface area (Å²) in [5, 5.41) is 6.17. The van der Waals surface area contributed by atoms with Gasteiger partial charge in [0.2, 0.25) is 0 Å². The van der Waals surface area contributed by atoms with Gasteiger partial charge in [-0.05, 0) is 44.0 Å². The summed E-state index contributed by atoms with van der Waals surface area (Å²) in [5.74, 6) is 0.767. The lowest BCUT2D eigenvalue weighted by atomic mass is 9.95. The van der Waals surface area contributed by atoms with Gasteiger partial charge >= 0.3 is 0 Å². The van der Waals surface area contributed by atoms with E-state index in [2.05, 4.69) is 10.3 Å². The fraction of sp³-hybridized carbons (Fsp3) is 0.444. The molecule has 0 aliphatic heterocycles. The van der Waals surface area contributed by atoms with E-state index in [1.165, 1.54) is 19.3 Å². The number of hydrogen-bond donors (Lipinski definition) is 1. The smallest absolute Gasteiger partial charge is 0.251 e. The van der Waals surface area contributed by atoms with E-state index in [-0.39, 0.29) is 5.91 Å². The molecule has 1 aromatic carbocycles. The first-order chi connectivity index (χ1) is 11.2. The average molecular weight is 330 g/mol. The van der Waals surface area contributed by atoms with Crippen molar-refractivity contribution in [3.63, 3.8) is 0 Å². The highest BCUT2D eigenvalue weighted by molar-refractivity contribution is 7.09. The Hall–Kier alpha value is -1.88. The summed E-state index contributed by atoms with van der Waals surface area (Å²) in [6, 6.07) is 7.66. The molecule has 1 fully saturated rings. The van der Waals surface area contributed by atoms with Crippen molar-refractivity contribution >= 4 is 17.2 Å². The van der Waals surface area contributed by atoms with Crippen LogP contribution in [0.2, 0.25) is 0 Å². The Labute approximate surface area is 140 Å². The molecule has 1 aromatic heterocycles. The Kier molecular flexibility index (Phi) is 5.28. The minimum atomic E-state index is 0.0126. The van der Waals surface area contributed by atoms with Gasteiger partial charge in [0, 0.05) is 17.0 Å². The first-order valence-corrected chi connectivity index (χ1v) is 9.03. The SMILES string of the molecule is Cc1nc(COc2ccc(C(=O)NC3CCCCC3)cc2)cs1. The average Bonchev–Trinajstić information content (AvgIpc) is 3.00. The number of benzene rings is 1. The molecule has 0 bridgehead atoms. The van der Waals surface area contributed by atoms with E-state index >= 15 is 0 Å². The van der Waals surface area contributed by atoms with Crippen LogP contribution in [0.3, 0.4) is 0 Å². The Morgan fingerprint density at radius 1 is 1.26 bits per heavy atom. The molecule has 23 heavy (non-hydrogen) atoms. The number of aromatic nitrogens is 1. The number of aryl methyl sites for hydroxylation is 1. The zero-order valence-corrected chi connectivity index (χ0v) is 14.2. The molecule has 3 rings (SSSR count). The molecular formula is C18H22N2O2S. The first kappa shape index (κ1) is 16.0. The zero-order chi connectivity index (χ0) is 16.1. The summed E-state index contributed by atoms with van der Waals surface area (Å²) in [7, 11) is 0. The maximum Gasteiger partial charge on any atom is 0.251 e. The number of nitrogens with zero attached hydrogens (tertiary/aromatic N) is 1. The second-order valence-corrected chi connectivity index (χ2v) is 7.04. The molecule has 0 atom stereocenters. The minimum Gasteiger partial charge on any atom is -0.487 e. The van der Waals surface area contributed by atoms with Gasteiger partial charge in [0.1, 0.15) is 12.4 Å². The Balaban J connectivity index is 1.52. The fourth-order valence-corrected chi connectivity index (χ4v) is 3.45. The van der Waals surface area contributed by atoms with Crippen molar-refractivity contribution in [3.8, 4) is 5.75 Å². The van der Waals surface area contributed by atoms with Crippen molar-refractivity contribution in [3.05, 3.63) is 45.9 Å². The highest BCUT2D eigenvalue weighted by Gasteiger charge is 2.16. The Bertz CT molecular complexity index is 645. The predicted octanol–water partition coefficient (Wildman–Crippen LogP) is 4.09. The molecule has 1 N–H and O–H groups in total. The van der Waals surface area contributed by atoms with Crippen molar-refractivity contribution in [2.75, 3.05) is 0 Å². The summed E-state index contributed by atoms with van der Waals surface area (Å²) in [6.45, 7) is 2.44. The minimum absolute atomic E-state index is 0.0126. The zero-order valence-electron chi connectivity index (χ0n) is 13.4.